The van der Waals surface area contributed by atoms with Crippen molar-refractivity contribution in [3.8, 4) is 0 Å². The molecule has 2 rings (SSSR count). The van der Waals surface area contributed by atoms with Crippen LogP contribution in [0, 0.1) is 10.1 Å². The smallest absolute Gasteiger partial charge is 0.302 e. The van der Waals surface area contributed by atoms with E-state index in [9.17, 15) is 24.5 Å². The number of ether oxygens (including phenoxy) is 2. The Labute approximate surface area is 212 Å². The van der Waals surface area contributed by atoms with Crippen molar-refractivity contribution in [3.05, 3.63) is 51.5 Å². The van der Waals surface area contributed by atoms with E-state index in [0.29, 0.717) is 30.2 Å². The molecule has 0 fully saturated rings. The summed E-state index contributed by atoms with van der Waals surface area (Å²) >= 11 is 6.09. The van der Waals surface area contributed by atoms with E-state index in [2.05, 4.69) is 15.5 Å². The third-order valence-corrected chi connectivity index (χ3v) is 4.98. The normalized spacial score (nSPS) is 10.7. The van der Waals surface area contributed by atoms with Gasteiger partial charge in [-0.05, 0) is 24.3 Å². The van der Waals surface area contributed by atoms with Crippen LogP contribution in [-0.4, -0.2) is 49.1 Å². The van der Waals surface area contributed by atoms with Crippen molar-refractivity contribution in [3.63, 3.8) is 0 Å². The van der Waals surface area contributed by atoms with Crippen LogP contribution in [0.1, 0.15) is 27.2 Å². The van der Waals surface area contributed by atoms with Gasteiger partial charge < -0.3 is 19.7 Å². The average molecular weight is 520 g/mol. The minimum atomic E-state index is -0.571. The summed E-state index contributed by atoms with van der Waals surface area (Å²) in [5, 5.41) is 22.0. The summed E-state index contributed by atoms with van der Waals surface area (Å²) in [6, 6.07) is 8.80. The number of nitrogens with one attached hydrogen (secondary N) is 1. The lowest BCUT2D eigenvalue weighted by Crippen LogP contribution is -2.32. The number of benzene rings is 2. The van der Waals surface area contributed by atoms with Crippen molar-refractivity contribution in [2.45, 2.75) is 27.2 Å². The number of azo groups is 1. The van der Waals surface area contributed by atoms with E-state index in [1.807, 2.05) is 4.90 Å². The molecule has 0 spiro atoms. The molecule has 0 bridgehead atoms. The van der Waals surface area contributed by atoms with Crippen LogP contribution in [0.25, 0.3) is 0 Å². The number of carbonyl (C=O) groups is 3. The minimum absolute atomic E-state index is 0.0471. The Morgan fingerprint density at radius 1 is 1.00 bits per heavy atom. The molecule has 13 heteroatoms. The van der Waals surface area contributed by atoms with E-state index in [-0.39, 0.29) is 41.9 Å². The summed E-state index contributed by atoms with van der Waals surface area (Å²) in [4.78, 5) is 46.6. The van der Waals surface area contributed by atoms with Gasteiger partial charge in [-0.3, -0.25) is 24.5 Å². The van der Waals surface area contributed by atoms with Gasteiger partial charge in [-0.15, -0.1) is 10.2 Å². The fraction of sp³-hybridized carbons (Fsp3) is 0.348. The van der Waals surface area contributed by atoms with Crippen molar-refractivity contribution in [2.75, 3.05) is 36.5 Å². The summed E-state index contributed by atoms with van der Waals surface area (Å²) in [7, 11) is 0. The number of non-ortho nitro benzene ring substituents is 1. The fourth-order valence-corrected chi connectivity index (χ4v) is 3.13. The Morgan fingerprint density at radius 2 is 1.58 bits per heavy atom. The second-order valence-electron chi connectivity index (χ2n) is 7.36. The molecule has 36 heavy (non-hydrogen) atoms. The molecule has 0 radical (unpaired) electrons. The molecule has 0 aliphatic carbocycles. The summed E-state index contributed by atoms with van der Waals surface area (Å²) < 4.78 is 10.1. The number of hydrogen-bond acceptors (Lipinski definition) is 10. The number of nitro groups is 1. The molecule has 2 aromatic rings. The highest BCUT2D eigenvalue weighted by molar-refractivity contribution is 6.33. The first-order valence-electron chi connectivity index (χ1n) is 10.9. The van der Waals surface area contributed by atoms with Crippen molar-refractivity contribution in [1.82, 2.24) is 0 Å². The standard InChI is InChI=1S/C23H26ClN5O7/c1-4-23(32)25-22-14-17(28(9-11-35-15(2)30)10-12-36-16(3)31)5-8-21(22)27-26-20-7-6-18(29(33)34)13-19(20)24/h5-8,13-14H,4,9-12H2,1-3H3,(H,25,32). The molecule has 0 heterocycles. The molecule has 0 unspecified atom stereocenters. The Morgan fingerprint density at radius 3 is 2.11 bits per heavy atom. The molecule has 0 aromatic heterocycles. The molecule has 0 saturated carbocycles. The number of nitrogens with zero attached hydrogens (tertiary/aromatic N) is 4. The predicted molar refractivity (Wildman–Crippen MR) is 133 cm³/mol. The number of halogens is 1. The summed E-state index contributed by atoms with van der Waals surface area (Å²) in [6.07, 6.45) is 0.220. The van der Waals surface area contributed by atoms with Crippen LogP contribution in [0.2, 0.25) is 5.02 Å². The van der Waals surface area contributed by atoms with Gasteiger partial charge in [0.25, 0.3) is 5.69 Å². The Balaban J connectivity index is 2.36. The van der Waals surface area contributed by atoms with Crippen molar-refractivity contribution in [2.24, 2.45) is 10.2 Å². The minimum Gasteiger partial charge on any atom is -0.464 e. The van der Waals surface area contributed by atoms with Crippen LogP contribution in [0.15, 0.2) is 46.6 Å². The first-order chi connectivity index (χ1) is 17.1. The van der Waals surface area contributed by atoms with Gasteiger partial charge in [-0.1, -0.05) is 18.5 Å². The van der Waals surface area contributed by atoms with Gasteiger partial charge in [0.15, 0.2) is 0 Å². The number of hydrogen-bond donors (Lipinski definition) is 1. The van der Waals surface area contributed by atoms with Crippen molar-refractivity contribution in [1.29, 1.82) is 0 Å². The number of nitro benzene ring substituents is 1. The number of rotatable bonds is 12. The molecule has 12 nitrogen and oxygen atoms in total. The molecule has 1 N–H and O–H groups in total. The quantitative estimate of drug-likeness (QED) is 0.179. The summed E-state index contributed by atoms with van der Waals surface area (Å²) in [5.41, 5.74) is 1.35. The molecule has 1 amide bonds. The topological polar surface area (TPSA) is 153 Å². The van der Waals surface area contributed by atoms with E-state index < -0.39 is 16.9 Å². The van der Waals surface area contributed by atoms with E-state index in [1.165, 1.54) is 32.0 Å². The van der Waals surface area contributed by atoms with E-state index in [4.69, 9.17) is 21.1 Å². The third kappa shape index (κ3) is 8.95. The Bertz CT molecular complexity index is 1140. The Kier molecular flexibility index (Phi) is 10.7. The van der Waals surface area contributed by atoms with E-state index in [1.54, 1.807) is 25.1 Å². The van der Waals surface area contributed by atoms with E-state index >= 15 is 0 Å². The molecule has 0 atom stereocenters. The Hall–Kier alpha value is -4.06. The molecule has 2 aromatic carbocycles. The number of carbonyl (C=O) groups excluding carboxylic acids is 3. The van der Waals surface area contributed by atoms with Gasteiger partial charge in [0.05, 0.1) is 28.7 Å². The molecule has 0 saturated heterocycles. The van der Waals surface area contributed by atoms with Crippen molar-refractivity contribution >= 4 is 57.9 Å². The average Bonchev–Trinajstić information content (AvgIpc) is 2.82. The molecule has 0 aliphatic heterocycles. The zero-order valence-electron chi connectivity index (χ0n) is 20.0. The highest BCUT2D eigenvalue weighted by atomic mass is 35.5. The van der Waals surface area contributed by atoms with Crippen LogP contribution in [0.4, 0.5) is 28.4 Å². The van der Waals surface area contributed by atoms with Gasteiger partial charge in [-0.2, -0.15) is 0 Å². The van der Waals surface area contributed by atoms with E-state index in [0.717, 1.165) is 0 Å². The maximum atomic E-state index is 12.1. The third-order valence-electron chi connectivity index (χ3n) is 4.68. The molecular formula is C23H26ClN5O7. The fourth-order valence-electron chi connectivity index (χ4n) is 2.91. The van der Waals surface area contributed by atoms with Gasteiger partial charge in [0.2, 0.25) is 5.91 Å². The van der Waals surface area contributed by atoms with Crippen LogP contribution >= 0.6 is 11.6 Å². The van der Waals surface area contributed by atoms with Crippen LogP contribution < -0.4 is 10.2 Å². The second kappa shape index (κ2) is 13.7. The van der Waals surface area contributed by atoms with Crippen molar-refractivity contribution < 1.29 is 28.8 Å². The lowest BCUT2D eigenvalue weighted by Gasteiger charge is -2.25. The number of amides is 1. The molecule has 0 aliphatic rings. The maximum Gasteiger partial charge on any atom is 0.302 e. The van der Waals surface area contributed by atoms with Gasteiger partial charge in [0.1, 0.15) is 24.6 Å². The number of anilines is 2. The summed E-state index contributed by atoms with van der Waals surface area (Å²) in [6.45, 7) is 5.12. The second-order valence-corrected chi connectivity index (χ2v) is 7.77. The van der Waals surface area contributed by atoms with Crippen LogP contribution in [0.3, 0.4) is 0 Å². The zero-order chi connectivity index (χ0) is 26.7. The number of esters is 2. The summed E-state index contributed by atoms with van der Waals surface area (Å²) in [5.74, 6) is -1.11. The molecule has 192 valence electrons. The lowest BCUT2D eigenvalue weighted by atomic mass is 10.2. The highest BCUT2D eigenvalue weighted by Gasteiger charge is 2.14. The van der Waals surface area contributed by atoms with Crippen LogP contribution in [-0.2, 0) is 23.9 Å². The van der Waals surface area contributed by atoms with Crippen LogP contribution in [0.5, 0.6) is 0 Å². The van der Waals surface area contributed by atoms with Gasteiger partial charge in [-0.25, -0.2) is 0 Å². The molecular weight excluding hydrogens is 494 g/mol. The first kappa shape index (κ1) is 28.2. The lowest BCUT2D eigenvalue weighted by molar-refractivity contribution is -0.384. The highest BCUT2D eigenvalue weighted by Crippen LogP contribution is 2.34. The maximum absolute atomic E-state index is 12.1. The predicted octanol–water partition coefficient (Wildman–Crippen LogP) is 4.94. The first-order valence-corrected chi connectivity index (χ1v) is 11.3. The largest absolute Gasteiger partial charge is 0.464 e. The van der Waals surface area contributed by atoms with Gasteiger partial charge in [0, 0.05) is 38.1 Å². The van der Waals surface area contributed by atoms with Gasteiger partial charge >= 0.3 is 11.9 Å². The monoisotopic (exact) mass is 519 g/mol. The zero-order valence-corrected chi connectivity index (χ0v) is 20.8. The SMILES string of the molecule is CCC(=O)Nc1cc(N(CCOC(C)=O)CCOC(C)=O)ccc1N=Nc1ccc([N+](=O)[O-])cc1Cl.